The molecule has 0 aromatic heterocycles. The Hall–Kier alpha value is -0.570. The van der Waals surface area contributed by atoms with Gasteiger partial charge in [-0.1, -0.05) is 34.6 Å². The molecule has 0 aliphatic carbocycles. The number of hydrogen-bond acceptors (Lipinski definition) is 3. The zero-order valence-corrected chi connectivity index (χ0v) is 11.3. The molecule has 0 spiro atoms. The van der Waals surface area contributed by atoms with E-state index in [1.165, 1.54) is 0 Å². The number of esters is 1. The summed E-state index contributed by atoms with van der Waals surface area (Å²) in [5, 5.41) is 0. The van der Waals surface area contributed by atoms with Gasteiger partial charge in [0, 0.05) is 6.61 Å². The molecule has 0 rings (SSSR count). The van der Waals surface area contributed by atoms with Crippen LogP contribution in [-0.2, 0) is 14.3 Å². The number of carbonyl (C=O) groups is 1. The number of hydrogen-bond donors (Lipinski definition) is 0. The summed E-state index contributed by atoms with van der Waals surface area (Å²) in [7, 11) is 0. The van der Waals surface area contributed by atoms with Gasteiger partial charge >= 0.3 is 5.97 Å². The Balaban J connectivity index is 3.38. The van der Waals surface area contributed by atoms with Gasteiger partial charge in [0.25, 0.3) is 0 Å². The van der Waals surface area contributed by atoms with Crippen LogP contribution in [0, 0.1) is 11.3 Å². The molecule has 0 bridgehead atoms. The van der Waals surface area contributed by atoms with Crippen LogP contribution in [-0.4, -0.2) is 25.8 Å². The summed E-state index contributed by atoms with van der Waals surface area (Å²) in [4.78, 5) is 11.2. The smallest absolute Gasteiger partial charge is 0.332 e. The van der Waals surface area contributed by atoms with Crippen LogP contribution >= 0.6 is 0 Å². The van der Waals surface area contributed by atoms with E-state index in [4.69, 9.17) is 9.47 Å². The maximum atomic E-state index is 11.2. The van der Waals surface area contributed by atoms with Crippen molar-refractivity contribution in [2.45, 2.75) is 47.5 Å². The third kappa shape index (κ3) is 11.5. The van der Waals surface area contributed by atoms with Crippen LogP contribution in [0.15, 0.2) is 0 Å². The monoisotopic (exact) mass is 230 g/mol. The lowest BCUT2D eigenvalue weighted by molar-refractivity contribution is -0.149. The van der Waals surface area contributed by atoms with Crippen molar-refractivity contribution in [3.8, 4) is 0 Å². The van der Waals surface area contributed by atoms with Gasteiger partial charge in [-0.3, -0.25) is 0 Å². The van der Waals surface area contributed by atoms with E-state index >= 15 is 0 Å². The molecule has 0 heterocycles. The summed E-state index contributed by atoms with van der Waals surface area (Å²) in [5.74, 6) is 0.197. The fourth-order valence-electron chi connectivity index (χ4n) is 1.21. The Kier molecular flexibility index (Phi) is 7.39. The largest absolute Gasteiger partial charge is 0.464 e. The lowest BCUT2D eigenvalue weighted by Crippen LogP contribution is -2.16. The first-order valence-corrected chi connectivity index (χ1v) is 6.04. The zero-order chi connectivity index (χ0) is 12.6. The molecule has 3 nitrogen and oxygen atoms in total. The van der Waals surface area contributed by atoms with Crippen LogP contribution in [0.25, 0.3) is 0 Å². The van der Waals surface area contributed by atoms with Crippen molar-refractivity contribution in [2.75, 3.05) is 19.8 Å². The Morgan fingerprint density at radius 3 is 2.38 bits per heavy atom. The summed E-state index contributed by atoms with van der Waals surface area (Å²) < 4.78 is 10.2. The van der Waals surface area contributed by atoms with Crippen LogP contribution < -0.4 is 0 Å². The van der Waals surface area contributed by atoms with Crippen molar-refractivity contribution in [2.24, 2.45) is 11.3 Å². The van der Waals surface area contributed by atoms with Crippen LogP contribution in [0.5, 0.6) is 0 Å². The number of ether oxygens (including phenoxy) is 2. The van der Waals surface area contributed by atoms with Gasteiger partial charge in [-0.05, 0) is 24.2 Å². The van der Waals surface area contributed by atoms with E-state index in [1.54, 1.807) is 0 Å². The molecule has 3 heteroatoms. The second kappa shape index (κ2) is 7.66. The van der Waals surface area contributed by atoms with Crippen molar-refractivity contribution in [3.05, 3.63) is 0 Å². The van der Waals surface area contributed by atoms with E-state index in [-0.39, 0.29) is 12.6 Å². The molecule has 0 radical (unpaired) electrons. The molecule has 0 saturated carbocycles. The highest BCUT2D eigenvalue weighted by Crippen LogP contribution is 2.20. The molecular formula is C13H26O3. The molecule has 0 N–H and O–H groups in total. The van der Waals surface area contributed by atoms with E-state index in [0.29, 0.717) is 24.5 Å². The first-order valence-electron chi connectivity index (χ1n) is 6.04. The van der Waals surface area contributed by atoms with Gasteiger partial charge in [-0.15, -0.1) is 0 Å². The summed E-state index contributed by atoms with van der Waals surface area (Å²) in [6.45, 7) is 11.8. The van der Waals surface area contributed by atoms with Crippen molar-refractivity contribution >= 4 is 5.97 Å². The molecule has 0 unspecified atom stereocenters. The highest BCUT2D eigenvalue weighted by Gasteiger charge is 2.10. The van der Waals surface area contributed by atoms with Gasteiger partial charge in [0.1, 0.15) is 6.61 Å². The second-order valence-corrected chi connectivity index (χ2v) is 5.79. The predicted octanol–water partition coefficient (Wildman–Crippen LogP) is 3.03. The topological polar surface area (TPSA) is 35.5 Å². The van der Waals surface area contributed by atoms with E-state index in [0.717, 1.165) is 12.8 Å². The number of carbonyl (C=O) groups excluding carboxylic acids is 1. The lowest BCUT2D eigenvalue weighted by atomic mass is 9.91. The average Bonchev–Trinajstić information content (AvgIpc) is 2.10. The summed E-state index contributed by atoms with van der Waals surface area (Å²) in [6, 6.07) is 0. The third-order valence-corrected chi connectivity index (χ3v) is 2.01. The SMILES string of the molecule is CC(C)COCC(=O)OCCCC(C)(C)C. The van der Waals surface area contributed by atoms with Gasteiger partial charge in [-0.25, -0.2) is 4.79 Å². The molecule has 0 aromatic carbocycles. The van der Waals surface area contributed by atoms with Gasteiger partial charge in [0.15, 0.2) is 0 Å². The van der Waals surface area contributed by atoms with Crippen LogP contribution in [0.4, 0.5) is 0 Å². The van der Waals surface area contributed by atoms with Gasteiger partial charge in [0.2, 0.25) is 0 Å². The standard InChI is InChI=1S/C13H26O3/c1-11(2)9-15-10-12(14)16-8-6-7-13(3,4)5/h11H,6-10H2,1-5H3. The Labute approximate surface area is 99.5 Å². The minimum absolute atomic E-state index is 0.0771. The zero-order valence-electron chi connectivity index (χ0n) is 11.3. The molecule has 96 valence electrons. The van der Waals surface area contributed by atoms with Crippen molar-refractivity contribution in [1.29, 1.82) is 0 Å². The molecule has 0 aromatic rings. The Bertz CT molecular complexity index is 192. The molecule has 0 saturated heterocycles. The minimum atomic E-state index is -0.255. The summed E-state index contributed by atoms with van der Waals surface area (Å²) >= 11 is 0. The van der Waals surface area contributed by atoms with Crippen molar-refractivity contribution in [3.63, 3.8) is 0 Å². The molecule has 0 atom stereocenters. The van der Waals surface area contributed by atoms with E-state index in [2.05, 4.69) is 34.6 Å². The molecule has 0 aliphatic rings. The van der Waals surface area contributed by atoms with Gasteiger partial charge in [0.05, 0.1) is 6.61 Å². The van der Waals surface area contributed by atoms with Gasteiger partial charge in [-0.2, -0.15) is 0 Å². The maximum absolute atomic E-state index is 11.2. The van der Waals surface area contributed by atoms with Crippen LogP contribution in [0.3, 0.4) is 0 Å². The normalized spacial score (nSPS) is 11.9. The van der Waals surface area contributed by atoms with Crippen molar-refractivity contribution < 1.29 is 14.3 Å². The highest BCUT2D eigenvalue weighted by molar-refractivity contribution is 5.70. The van der Waals surface area contributed by atoms with Crippen LogP contribution in [0.2, 0.25) is 0 Å². The maximum Gasteiger partial charge on any atom is 0.332 e. The van der Waals surface area contributed by atoms with E-state index in [9.17, 15) is 4.79 Å². The Morgan fingerprint density at radius 1 is 1.25 bits per heavy atom. The highest BCUT2D eigenvalue weighted by atomic mass is 16.6. The first-order chi connectivity index (χ1) is 7.31. The third-order valence-electron chi connectivity index (χ3n) is 2.01. The fourth-order valence-corrected chi connectivity index (χ4v) is 1.21. The second-order valence-electron chi connectivity index (χ2n) is 5.79. The molecular weight excluding hydrogens is 204 g/mol. The number of rotatable bonds is 7. The molecule has 16 heavy (non-hydrogen) atoms. The summed E-state index contributed by atoms with van der Waals surface area (Å²) in [6.07, 6.45) is 1.98. The van der Waals surface area contributed by atoms with Gasteiger partial charge < -0.3 is 9.47 Å². The quantitative estimate of drug-likeness (QED) is 0.498. The van der Waals surface area contributed by atoms with E-state index in [1.807, 2.05) is 0 Å². The molecule has 0 fully saturated rings. The lowest BCUT2D eigenvalue weighted by Gasteiger charge is -2.17. The fraction of sp³-hybridized carbons (Fsp3) is 0.923. The summed E-state index contributed by atoms with van der Waals surface area (Å²) in [5.41, 5.74) is 0.306. The minimum Gasteiger partial charge on any atom is -0.464 e. The molecule has 0 amide bonds. The van der Waals surface area contributed by atoms with Crippen LogP contribution in [0.1, 0.15) is 47.5 Å². The predicted molar refractivity (Wildman–Crippen MR) is 65.3 cm³/mol. The average molecular weight is 230 g/mol. The van der Waals surface area contributed by atoms with Crippen molar-refractivity contribution in [1.82, 2.24) is 0 Å². The first kappa shape index (κ1) is 15.4. The molecule has 0 aliphatic heterocycles. The van der Waals surface area contributed by atoms with E-state index < -0.39 is 0 Å². The Morgan fingerprint density at radius 2 is 1.88 bits per heavy atom.